The highest BCUT2D eigenvalue weighted by Gasteiger charge is 2.27. The molecule has 2 aromatic heterocycles. The number of anilines is 1. The number of benzene rings is 1. The molecule has 1 saturated carbocycles. The van der Waals surface area contributed by atoms with Gasteiger partial charge in [0.2, 0.25) is 16.8 Å². The van der Waals surface area contributed by atoms with Crippen LogP contribution in [0.4, 0.5) is 5.82 Å². The van der Waals surface area contributed by atoms with Crippen molar-refractivity contribution in [3.8, 4) is 23.8 Å². The van der Waals surface area contributed by atoms with Crippen LogP contribution in [0.25, 0.3) is 11.2 Å². The molecule has 2 aliphatic rings. The molecule has 0 unspecified atom stereocenters. The Hall–Kier alpha value is -3.01. The molecule has 1 aromatic carbocycles. The fraction of sp³-hybridized carbons (Fsp3) is 0.350. The largest absolute Gasteiger partial charge is 0.454 e. The van der Waals surface area contributed by atoms with Crippen molar-refractivity contribution in [1.82, 2.24) is 24.2 Å². The summed E-state index contributed by atoms with van der Waals surface area (Å²) < 4.78 is 39.9. The third-order valence-corrected chi connectivity index (χ3v) is 7.65. The molecule has 0 atom stereocenters. The first-order chi connectivity index (χ1) is 15.4. The van der Waals surface area contributed by atoms with Crippen molar-refractivity contribution in [2.24, 2.45) is 0 Å². The van der Waals surface area contributed by atoms with Gasteiger partial charge in [-0.3, -0.25) is 0 Å². The first-order valence-corrected chi connectivity index (χ1v) is 12.5. The van der Waals surface area contributed by atoms with Crippen molar-refractivity contribution in [2.45, 2.75) is 41.9 Å². The van der Waals surface area contributed by atoms with Crippen LogP contribution in [-0.2, 0) is 16.6 Å². The second-order valence-corrected chi connectivity index (χ2v) is 10.4. The molecule has 1 aliphatic carbocycles. The van der Waals surface area contributed by atoms with E-state index in [2.05, 4.69) is 25.6 Å². The van der Waals surface area contributed by atoms with Crippen LogP contribution in [0.5, 0.6) is 11.5 Å². The predicted octanol–water partition coefficient (Wildman–Crippen LogP) is 1.74. The van der Waals surface area contributed by atoms with E-state index in [9.17, 15) is 8.42 Å². The lowest BCUT2D eigenvalue weighted by atomic mass is 10.2. The number of hydrogen-bond acceptors (Lipinski definition) is 9. The van der Waals surface area contributed by atoms with Crippen molar-refractivity contribution in [3.05, 3.63) is 24.0 Å². The van der Waals surface area contributed by atoms with Gasteiger partial charge in [-0.1, -0.05) is 17.7 Å². The monoisotopic (exact) mass is 472 g/mol. The average molecular weight is 473 g/mol. The van der Waals surface area contributed by atoms with Crippen LogP contribution in [0.2, 0.25) is 0 Å². The Kier molecular flexibility index (Phi) is 5.32. The van der Waals surface area contributed by atoms with E-state index < -0.39 is 10.0 Å². The molecular formula is C20H20N6O4S2. The third-order valence-electron chi connectivity index (χ3n) is 5.08. The van der Waals surface area contributed by atoms with Gasteiger partial charge in [0, 0.05) is 29.1 Å². The Morgan fingerprint density at radius 3 is 2.81 bits per heavy atom. The van der Waals surface area contributed by atoms with Crippen LogP contribution >= 0.6 is 11.8 Å². The quantitative estimate of drug-likeness (QED) is 0.470. The summed E-state index contributed by atoms with van der Waals surface area (Å²) in [7, 11) is -3.33. The normalized spacial score (nSPS) is 15.2. The van der Waals surface area contributed by atoms with Gasteiger partial charge >= 0.3 is 0 Å². The van der Waals surface area contributed by atoms with Crippen LogP contribution in [0.1, 0.15) is 24.8 Å². The first kappa shape index (κ1) is 20.9. The molecule has 5 rings (SSSR count). The topological polar surface area (TPSA) is 134 Å². The maximum Gasteiger partial charge on any atom is 0.231 e. The standard InChI is InChI=1S/C20H20N6O4S2/c1-2-12-8-14-15(30-11-29-14)9-16(12)31-20-24-17-18(21)22-10-23-19(17)26(20)6-3-7-32(27,28)25-13-4-5-13/h1,8-10,13,25H,3-7,11H2,(H2,21,22,23). The number of imidazole rings is 1. The zero-order valence-corrected chi connectivity index (χ0v) is 18.6. The molecule has 0 amide bonds. The summed E-state index contributed by atoms with van der Waals surface area (Å²) in [5.74, 6) is 4.12. The van der Waals surface area contributed by atoms with Crippen LogP contribution in [-0.4, -0.2) is 46.5 Å². The maximum atomic E-state index is 12.3. The molecular weight excluding hydrogens is 452 g/mol. The summed E-state index contributed by atoms with van der Waals surface area (Å²) in [4.78, 5) is 13.7. The fourth-order valence-electron chi connectivity index (χ4n) is 3.36. The van der Waals surface area contributed by atoms with E-state index in [-0.39, 0.29) is 24.4 Å². The minimum Gasteiger partial charge on any atom is -0.454 e. The van der Waals surface area contributed by atoms with Gasteiger partial charge in [0.25, 0.3) is 0 Å². The molecule has 0 bridgehead atoms. The number of aryl methyl sites for hydroxylation is 1. The van der Waals surface area contributed by atoms with E-state index in [0.29, 0.717) is 46.3 Å². The summed E-state index contributed by atoms with van der Waals surface area (Å²) in [6, 6.07) is 3.65. The number of rotatable bonds is 8. The molecule has 0 spiro atoms. The molecule has 0 radical (unpaired) electrons. The highest BCUT2D eigenvalue weighted by Crippen LogP contribution is 2.41. The Balaban J connectivity index is 1.45. The SMILES string of the molecule is C#Cc1cc2c(cc1Sc1nc3c(N)ncnc3n1CCCS(=O)(=O)NC1CC1)OCO2. The molecule has 12 heteroatoms. The predicted molar refractivity (Wildman–Crippen MR) is 119 cm³/mol. The number of nitrogens with zero attached hydrogens (tertiary/aromatic N) is 4. The smallest absolute Gasteiger partial charge is 0.231 e. The van der Waals surface area contributed by atoms with E-state index in [1.807, 2.05) is 10.6 Å². The zero-order chi connectivity index (χ0) is 22.3. The lowest BCUT2D eigenvalue weighted by Gasteiger charge is -2.10. The molecule has 10 nitrogen and oxygen atoms in total. The second kappa shape index (κ2) is 8.16. The van der Waals surface area contributed by atoms with E-state index >= 15 is 0 Å². The summed E-state index contributed by atoms with van der Waals surface area (Å²) in [5, 5.41) is 0.579. The minimum atomic E-state index is -3.33. The lowest BCUT2D eigenvalue weighted by molar-refractivity contribution is 0.174. The average Bonchev–Trinajstić information content (AvgIpc) is 3.31. The molecule has 1 fully saturated rings. The maximum absolute atomic E-state index is 12.3. The summed E-state index contributed by atoms with van der Waals surface area (Å²) in [6.45, 7) is 0.526. The number of fused-ring (bicyclic) bond motifs is 2. The molecule has 32 heavy (non-hydrogen) atoms. The number of hydrogen-bond donors (Lipinski definition) is 2. The van der Waals surface area contributed by atoms with Crippen molar-refractivity contribution in [3.63, 3.8) is 0 Å². The summed E-state index contributed by atoms with van der Waals surface area (Å²) in [6.07, 6.45) is 9.25. The van der Waals surface area contributed by atoms with Crippen LogP contribution in [0.3, 0.4) is 0 Å². The van der Waals surface area contributed by atoms with Gasteiger partial charge in [-0.05, 0) is 25.3 Å². The van der Waals surface area contributed by atoms with E-state index in [0.717, 1.165) is 17.7 Å². The van der Waals surface area contributed by atoms with Gasteiger partial charge in [-0.15, -0.1) is 6.42 Å². The molecule has 0 saturated heterocycles. The number of sulfonamides is 1. The van der Waals surface area contributed by atoms with Gasteiger partial charge in [0.1, 0.15) is 6.33 Å². The van der Waals surface area contributed by atoms with Crippen molar-refractivity contribution >= 4 is 38.8 Å². The van der Waals surface area contributed by atoms with Gasteiger partial charge in [0.15, 0.2) is 33.6 Å². The minimum absolute atomic E-state index is 0.00742. The number of nitrogens with two attached hydrogens (primary N) is 1. The third kappa shape index (κ3) is 4.19. The highest BCUT2D eigenvalue weighted by atomic mass is 32.2. The van der Waals surface area contributed by atoms with Crippen LogP contribution in [0, 0.1) is 12.3 Å². The summed E-state index contributed by atoms with van der Waals surface area (Å²) >= 11 is 1.33. The van der Waals surface area contributed by atoms with E-state index in [4.69, 9.17) is 21.6 Å². The molecule has 166 valence electrons. The molecule has 3 aromatic rings. The Morgan fingerprint density at radius 2 is 2.06 bits per heavy atom. The summed E-state index contributed by atoms with van der Waals surface area (Å²) in [5.41, 5.74) is 7.64. The number of terminal acetylenes is 1. The van der Waals surface area contributed by atoms with Gasteiger partial charge in [-0.2, -0.15) is 0 Å². The van der Waals surface area contributed by atoms with Crippen LogP contribution in [0.15, 0.2) is 28.5 Å². The van der Waals surface area contributed by atoms with Gasteiger partial charge < -0.3 is 19.8 Å². The first-order valence-electron chi connectivity index (χ1n) is 9.98. The number of nitrogens with one attached hydrogen (secondary N) is 1. The fourth-order valence-corrected chi connectivity index (χ4v) is 5.74. The molecule has 3 N–H and O–H groups in total. The second-order valence-electron chi connectivity index (χ2n) is 7.49. The van der Waals surface area contributed by atoms with Crippen molar-refractivity contribution < 1.29 is 17.9 Å². The Bertz CT molecular complexity index is 1340. The highest BCUT2D eigenvalue weighted by molar-refractivity contribution is 7.99. The van der Waals surface area contributed by atoms with Crippen LogP contribution < -0.4 is 19.9 Å². The molecule has 1 aliphatic heterocycles. The van der Waals surface area contributed by atoms with Gasteiger partial charge in [-0.25, -0.2) is 28.1 Å². The van der Waals surface area contributed by atoms with E-state index in [1.165, 1.54) is 18.1 Å². The van der Waals surface area contributed by atoms with E-state index in [1.54, 1.807) is 6.07 Å². The lowest BCUT2D eigenvalue weighted by Crippen LogP contribution is -2.28. The number of ether oxygens (including phenoxy) is 2. The number of nitrogen functional groups attached to an aromatic ring is 1. The Morgan fingerprint density at radius 1 is 1.28 bits per heavy atom. The zero-order valence-electron chi connectivity index (χ0n) is 16.9. The molecule has 3 heterocycles. The van der Waals surface area contributed by atoms with Crippen molar-refractivity contribution in [1.29, 1.82) is 0 Å². The van der Waals surface area contributed by atoms with Crippen molar-refractivity contribution in [2.75, 3.05) is 18.3 Å². The number of aromatic nitrogens is 4. The Labute approximate surface area is 189 Å². The van der Waals surface area contributed by atoms with Gasteiger partial charge in [0.05, 0.1) is 5.75 Å².